The minimum absolute atomic E-state index is 0.0905. The van der Waals surface area contributed by atoms with E-state index in [4.69, 9.17) is 14.6 Å². The Labute approximate surface area is 192 Å². The van der Waals surface area contributed by atoms with Crippen molar-refractivity contribution in [3.8, 4) is 5.75 Å². The van der Waals surface area contributed by atoms with Crippen LogP contribution in [0.15, 0.2) is 54.6 Å². The summed E-state index contributed by atoms with van der Waals surface area (Å²) in [7, 11) is 1.28. The molecule has 1 unspecified atom stereocenters. The topological polar surface area (TPSA) is 108 Å². The van der Waals surface area contributed by atoms with E-state index in [0.717, 1.165) is 11.1 Å². The van der Waals surface area contributed by atoms with Gasteiger partial charge in [-0.15, -0.1) is 0 Å². The molecule has 2 N–H and O–H groups in total. The first-order valence-electron chi connectivity index (χ1n) is 10.8. The number of carbonyl (C=O) groups excluding carboxylic acids is 2. The van der Waals surface area contributed by atoms with E-state index in [1.165, 1.54) is 12.0 Å². The van der Waals surface area contributed by atoms with Crippen LogP contribution in [0.5, 0.6) is 5.75 Å². The van der Waals surface area contributed by atoms with E-state index in [1.807, 2.05) is 59.5 Å². The van der Waals surface area contributed by atoms with Crippen molar-refractivity contribution in [2.75, 3.05) is 39.8 Å². The first kappa shape index (κ1) is 24.1. The number of piperazine rings is 1. The van der Waals surface area contributed by atoms with Crippen molar-refractivity contribution < 1.29 is 29.0 Å². The highest BCUT2D eigenvalue weighted by Crippen LogP contribution is 2.16. The second kappa shape index (κ2) is 11.9. The second-order valence-corrected chi connectivity index (χ2v) is 7.81. The van der Waals surface area contributed by atoms with E-state index >= 15 is 0 Å². The Balaban J connectivity index is 1.51. The van der Waals surface area contributed by atoms with Crippen molar-refractivity contribution in [3.63, 3.8) is 0 Å². The molecule has 1 heterocycles. The van der Waals surface area contributed by atoms with Crippen LogP contribution < -0.4 is 10.1 Å². The van der Waals surface area contributed by atoms with Gasteiger partial charge in [0.15, 0.2) is 0 Å². The molecule has 2 amide bonds. The number of hydrogen-bond donors (Lipinski definition) is 2. The molecule has 0 spiro atoms. The van der Waals surface area contributed by atoms with Gasteiger partial charge in [-0.3, -0.25) is 9.69 Å². The molecular weight excluding hydrogens is 426 g/mol. The molecular formula is C24H29N3O6. The van der Waals surface area contributed by atoms with Gasteiger partial charge in [-0.2, -0.15) is 0 Å². The summed E-state index contributed by atoms with van der Waals surface area (Å²) in [5, 5.41) is 11.8. The molecule has 0 bridgehead atoms. The monoisotopic (exact) mass is 455 g/mol. The zero-order valence-corrected chi connectivity index (χ0v) is 18.6. The Morgan fingerprint density at radius 1 is 0.970 bits per heavy atom. The standard InChI is InChI=1S/C24H29N3O6/c1-32-23(29)21(25-22(28)16-26-11-13-27(14-12-26)24(30)31)15-18-7-9-20(10-8-18)33-17-19-5-3-2-4-6-19/h2-10,21H,11-17H2,1H3,(H,25,28)(H,30,31). The minimum Gasteiger partial charge on any atom is -0.489 e. The lowest BCUT2D eigenvalue weighted by Crippen LogP contribution is -2.52. The highest BCUT2D eigenvalue weighted by molar-refractivity contribution is 5.85. The number of methoxy groups -OCH3 is 1. The maximum Gasteiger partial charge on any atom is 0.407 e. The maximum atomic E-state index is 12.5. The van der Waals surface area contributed by atoms with Crippen LogP contribution in [0.3, 0.4) is 0 Å². The molecule has 3 rings (SSSR count). The van der Waals surface area contributed by atoms with Crippen molar-refractivity contribution in [3.05, 3.63) is 65.7 Å². The predicted molar refractivity (Wildman–Crippen MR) is 121 cm³/mol. The van der Waals surface area contributed by atoms with Crippen molar-refractivity contribution >= 4 is 18.0 Å². The lowest BCUT2D eigenvalue weighted by Gasteiger charge is -2.32. The molecule has 33 heavy (non-hydrogen) atoms. The van der Waals surface area contributed by atoms with Crippen LogP contribution in [0.25, 0.3) is 0 Å². The van der Waals surface area contributed by atoms with Gasteiger partial charge in [0.25, 0.3) is 0 Å². The zero-order chi connectivity index (χ0) is 23.6. The van der Waals surface area contributed by atoms with Gasteiger partial charge in [-0.05, 0) is 23.3 Å². The quantitative estimate of drug-likeness (QED) is 0.555. The fraction of sp³-hybridized carbons (Fsp3) is 0.375. The number of benzene rings is 2. The number of nitrogens with zero attached hydrogens (tertiary/aromatic N) is 2. The molecule has 0 radical (unpaired) electrons. The Hall–Kier alpha value is -3.59. The van der Waals surface area contributed by atoms with E-state index in [2.05, 4.69) is 5.32 Å². The summed E-state index contributed by atoms with van der Waals surface area (Å²) in [4.78, 5) is 38.9. The van der Waals surface area contributed by atoms with Gasteiger partial charge < -0.3 is 24.8 Å². The largest absolute Gasteiger partial charge is 0.489 e. The Morgan fingerprint density at radius 3 is 2.24 bits per heavy atom. The van der Waals surface area contributed by atoms with Gasteiger partial charge >= 0.3 is 12.1 Å². The summed E-state index contributed by atoms with van der Waals surface area (Å²) in [5.74, 6) is -0.123. The average Bonchev–Trinajstić information content (AvgIpc) is 2.83. The highest BCUT2D eigenvalue weighted by atomic mass is 16.5. The number of nitrogens with one attached hydrogen (secondary N) is 1. The van der Waals surface area contributed by atoms with Crippen LogP contribution in [0.4, 0.5) is 4.79 Å². The van der Waals surface area contributed by atoms with E-state index in [-0.39, 0.29) is 18.9 Å². The van der Waals surface area contributed by atoms with Crippen molar-refractivity contribution in [1.29, 1.82) is 0 Å². The van der Waals surface area contributed by atoms with Gasteiger partial charge in [0.1, 0.15) is 18.4 Å². The Kier molecular flexibility index (Phi) is 8.65. The van der Waals surface area contributed by atoms with E-state index in [9.17, 15) is 14.4 Å². The van der Waals surface area contributed by atoms with Crippen LogP contribution in [0, 0.1) is 0 Å². The number of carbonyl (C=O) groups is 3. The summed E-state index contributed by atoms with van der Waals surface area (Å²) in [6.07, 6.45) is -0.675. The van der Waals surface area contributed by atoms with Crippen molar-refractivity contribution in [2.45, 2.75) is 19.1 Å². The van der Waals surface area contributed by atoms with Gasteiger partial charge in [0.2, 0.25) is 5.91 Å². The van der Waals surface area contributed by atoms with E-state index in [1.54, 1.807) is 0 Å². The number of hydrogen-bond acceptors (Lipinski definition) is 6. The molecule has 9 nitrogen and oxygen atoms in total. The second-order valence-electron chi connectivity index (χ2n) is 7.81. The smallest absolute Gasteiger partial charge is 0.407 e. The number of ether oxygens (including phenoxy) is 2. The lowest BCUT2D eigenvalue weighted by molar-refractivity contribution is -0.145. The summed E-state index contributed by atoms with van der Waals surface area (Å²) in [6.45, 7) is 2.18. The normalized spacial score (nSPS) is 14.9. The molecule has 2 aromatic rings. The highest BCUT2D eigenvalue weighted by Gasteiger charge is 2.25. The first-order valence-corrected chi connectivity index (χ1v) is 10.8. The summed E-state index contributed by atoms with van der Waals surface area (Å²) in [5.41, 5.74) is 1.92. The van der Waals surface area contributed by atoms with Crippen LogP contribution in [0.2, 0.25) is 0 Å². The number of esters is 1. The SMILES string of the molecule is COC(=O)C(Cc1ccc(OCc2ccccc2)cc1)NC(=O)CN1CCN(C(=O)O)CC1. The molecule has 1 aliphatic heterocycles. The van der Waals surface area contributed by atoms with Crippen molar-refractivity contribution in [1.82, 2.24) is 15.1 Å². The third-order valence-corrected chi connectivity index (χ3v) is 5.44. The van der Waals surface area contributed by atoms with Crippen molar-refractivity contribution in [2.24, 2.45) is 0 Å². The fourth-order valence-corrected chi connectivity index (χ4v) is 3.57. The van der Waals surface area contributed by atoms with Gasteiger partial charge in [0, 0.05) is 32.6 Å². The molecule has 0 aromatic heterocycles. The molecule has 0 saturated carbocycles. The van der Waals surface area contributed by atoms with Gasteiger partial charge in [-0.1, -0.05) is 42.5 Å². The average molecular weight is 456 g/mol. The molecule has 1 fully saturated rings. The number of rotatable bonds is 9. The summed E-state index contributed by atoms with van der Waals surface area (Å²) in [6, 6.07) is 16.4. The van der Waals surface area contributed by atoms with Crippen LogP contribution in [-0.4, -0.2) is 78.8 Å². The third-order valence-electron chi connectivity index (χ3n) is 5.44. The predicted octanol–water partition coefficient (Wildman–Crippen LogP) is 1.76. The molecule has 1 atom stereocenters. The molecule has 1 aliphatic rings. The lowest BCUT2D eigenvalue weighted by atomic mass is 10.1. The zero-order valence-electron chi connectivity index (χ0n) is 18.6. The van der Waals surface area contributed by atoms with Crippen LogP contribution in [-0.2, 0) is 27.4 Å². The molecule has 9 heteroatoms. The van der Waals surface area contributed by atoms with Gasteiger partial charge in [-0.25, -0.2) is 9.59 Å². The summed E-state index contributed by atoms with van der Waals surface area (Å²) >= 11 is 0. The molecule has 1 saturated heterocycles. The van der Waals surface area contributed by atoms with Gasteiger partial charge in [0.05, 0.1) is 13.7 Å². The maximum absolute atomic E-state index is 12.5. The Bertz CT molecular complexity index is 927. The van der Waals surface area contributed by atoms with Crippen LogP contribution >= 0.6 is 0 Å². The number of carboxylic acid groups (broad SMARTS) is 1. The number of amides is 2. The van der Waals surface area contributed by atoms with E-state index in [0.29, 0.717) is 38.5 Å². The fourth-order valence-electron chi connectivity index (χ4n) is 3.57. The summed E-state index contributed by atoms with van der Waals surface area (Å²) < 4.78 is 10.6. The minimum atomic E-state index is -0.957. The third kappa shape index (κ3) is 7.50. The van der Waals surface area contributed by atoms with Crippen LogP contribution in [0.1, 0.15) is 11.1 Å². The first-order chi connectivity index (χ1) is 15.9. The molecule has 0 aliphatic carbocycles. The Morgan fingerprint density at radius 2 is 1.64 bits per heavy atom. The van der Waals surface area contributed by atoms with E-state index < -0.39 is 18.1 Å². The molecule has 176 valence electrons. The molecule has 2 aromatic carbocycles.